The minimum atomic E-state index is -0.405. The van der Waals surface area contributed by atoms with Crippen LogP contribution >= 0.6 is 0 Å². The van der Waals surface area contributed by atoms with Gasteiger partial charge in [-0.15, -0.1) is 0 Å². The largest absolute Gasteiger partial charge is 0.464 e. The second-order valence-electron chi connectivity index (χ2n) is 4.31. The minimum absolute atomic E-state index is 0.337. The number of nitrogens with zero attached hydrogens (tertiary/aromatic N) is 2. The van der Waals surface area contributed by atoms with Crippen LogP contribution in [-0.2, 0) is 4.74 Å². The topological polar surface area (TPSA) is 54.5 Å². The molecule has 92 valence electrons. The molecule has 0 radical (unpaired) electrons. The molecule has 1 aromatic rings. The van der Waals surface area contributed by atoms with Crippen molar-refractivity contribution in [2.45, 2.75) is 12.5 Å². The van der Waals surface area contributed by atoms with Gasteiger partial charge in [0.05, 0.1) is 7.11 Å². The lowest BCUT2D eigenvalue weighted by Crippen LogP contribution is -2.23. The van der Waals surface area contributed by atoms with Crippen molar-refractivity contribution in [2.24, 2.45) is 0 Å². The number of rotatable bonds is 3. The van der Waals surface area contributed by atoms with Crippen molar-refractivity contribution in [1.82, 2.24) is 9.88 Å². The van der Waals surface area contributed by atoms with E-state index in [0.717, 1.165) is 25.2 Å². The Bertz CT molecular complexity index is 408. The molecule has 1 aromatic heterocycles. The third-order valence-electron chi connectivity index (χ3n) is 2.92. The molecule has 0 spiro atoms. The van der Waals surface area contributed by atoms with E-state index in [1.54, 1.807) is 12.3 Å². The molecule has 1 atom stereocenters. The standard InChI is InChI=1S/C12H17N3O2/c1-15-6-4-10(8-15)14-9-3-5-13-11(7-9)12(16)17-2/h3,5,7,10H,4,6,8H2,1-2H3,(H,13,14). The van der Waals surface area contributed by atoms with Crippen molar-refractivity contribution < 1.29 is 9.53 Å². The van der Waals surface area contributed by atoms with Crippen LogP contribution in [0.3, 0.4) is 0 Å². The lowest BCUT2D eigenvalue weighted by molar-refractivity contribution is 0.0594. The second kappa shape index (κ2) is 5.14. The number of esters is 1. The molecule has 5 heteroatoms. The highest BCUT2D eigenvalue weighted by molar-refractivity contribution is 5.88. The first kappa shape index (κ1) is 11.9. The number of likely N-dealkylation sites (N-methyl/N-ethyl adjacent to an activating group) is 1. The average Bonchev–Trinajstić information content (AvgIpc) is 2.74. The summed E-state index contributed by atoms with van der Waals surface area (Å²) in [5.41, 5.74) is 1.25. The Morgan fingerprint density at radius 2 is 2.47 bits per heavy atom. The number of anilines is 1. The lowest BCUT2D eigenvalue weighted by Gasteiger charge is -2.14. The van der Waals surface area contributed by atoms with E-state index >= 15 is 0 Å². The number of nitrogens with one attached hydrogen (secondary N) is 1. The van der Waals surface area contributed by atoms with E-state index in [1.165, 1.54) is 7.11 Å². The van der Waals surface area contributed by atoms with Crippen molar-refractivity contribution in [2.75, 3.05) is 32.6 Å². The van der Waals surface area contributed by atoms with Crippen molar-refractivity contribution in [3.05, 3.63) is 24.0 Å². The number of ether oxygens (including phenoxy) is 1. The monoisotopic (exact) mass is 235 g/mol. The molecule has 1 N–H and O–H groups in total. The van der Waals surface area contributed by atoms with E-state index < -0.39 is 5.97 Å². The van der Waals surface area contributed by atoms with E-state index in [-0.39, 0.29) is 0 Å². The van der Waals surface area contributed by atoms with Crippen LogP contribution < -0.4 is 5.32 Å². The van der Waals surface area contributed by atoms with E-state index in [0.29, 0.717) is 11.7 Å². The van der Waals surface area contributed by atoms with Gasteiger partial charge in [0.25, 0.3) is 0 Å². The summed E-state index contributed by atoms with van der Waals surface area (Å²) < 4.78 is 4.64. The Hall–Kier alpha value is -1.62. The Balaban J connectivity index is 2.03. The summed E-state index contributed by atoms with van der Waals surface area (Å²) in [5.74, 6) is -0.405. The fourth-order valence-electron chi connectivity index (χ4n) is 2.03. The summed E-state index contributed by atoms with van der Waals surface area (Å²) in [6, 6.07) is 4.03. The van der Waals surface area contributed by atoms with E-state index in [4.69, 9.17) is 0 Å². The molecule has 17 heavy (non-hydrogen) atoms. The Labute approximate surface area is 101 Å². The SMILES string of the molecule is COC(=O)c1cc(NC2CCN(C)C2)ccn1. The van der Waals surface area contributed by atoms with E-state index in [2.05, 4.69) is 27.0 Å². The smallest absolute Gasteiger partial charge is 0.356 e. The molecule has 1 saturated heterocycles. The summed E-state index contributed by atoms with van der Waals surface area (Å²) >= 11 is 0. The van der Waals surface area contributed by atoms with Crippen LogP contribution in [0.15, 0.2) is 18.3 Å². The number of aromatic nitrogens is 1. The van der Waals surface area contributed by atoms with Crippen LogP contribution in [0.4, 0.5) is 5.69 Å². The number of likely N-dealkylation sites (tertiary alicyclic amines) is 1. The Morgan fingerprint density at radius 1 is 1.65 bits per heavy atom. The van der Waals surface area contributed by atoms with Crippen LogP contribution in [0.1, 0.15) is 16.9 Å². The van der Waals surface area contributed by atoms with Crippen molar-refractivity contribution in [3.8, 4) is 0 Å². The maximum atomic E-state index is 11.3. The quantitative estimate of drug-likeness (QED) is 0.792. The fourth-order valence-corrected chi connectivity index (χ4v) is 2.03. The molecule has 0 saturated carbocycles. The summed E-state index contributed by atoms with van der Waals surface area (Å²) in [6.45, 7) is 2.13. The molecule has 1 fully saturated rings. The van der Waals surface area contributed by atoms with Crippen molar-refractivity contribution in [1.29, 1.82) is 0 Å². The molecule has 2 heterocycles. The predicted octanol–water partition coefficient (Wildman–Crippen LogP) is 0.984. The van der Waals surface area contributed by atoms with Gasteiger partial charge in [-0.2, -0.15) is 0 Å². The average molecular weight is 235 g/mol. The molecular weight excluding hydrogens is 218 g/mol. The molecular formula is C12H17N3O2. The lowest BCUT2D eigenvalue weighted by atomic mass is 10.2. The number of pyridine rings is 1. The first-order valence-electron chi connectivity index (χ1n) is 5.68. The van der Waals surface area contributed by atoms with Gasteiger partial charge >= 0.3 is 5.97 Å². The first-order chi connectivity index (χ1) is 8.19. The normalized spacial score (nSPS) is 20.2. The highest BCUT2D eigenvalue weighted by atomic mass is 16.5. The van der Waals surface area contributed by atoms with Gasteiger partial charge in [0.15, 0.2) is 0 Å². The van der Waals surface area contributed by atoms with Gasteiger partial charge in [-0.05, 0) is 32.1 Å². The van der Waals surface area contributed by atoms with Crippen molar-refractivity contribution in [3.63, 3.8) is 0 Å². The Kier molecular flexibility index (Phi) is 3.58. The van der Waals surface area contributed by atoms with Gasteiger partial charge in [-0.3, -0.25) is 0 Å². The molecule has 1 unspecified atom stereocenters. The molecule has 0 aliphatic carbocycles. The van der Waals surface area contributed by atoms with Gasteiger partial charge in [-0.25, -0.2) is 9.78 Å². The Morgan fingerprint density at radius 3 is 3.12 bits per heavy atom. The van der Waals surface area contributed by atoms with Crippen LogP contribution in [0.5, 0.6) is 0 Å². The van der Waals surface area contributed by atoms with Gasteiger partial charge in [0.1, 0.15) is 5.69 Å². The number of carbonyl (C=O) groups excluding carboxylic acids is 1. The minimum Gasteiger partial charge on any atom is -0.464 e. The highest BCUT2D eigenvalue weighted by Crippen LogP contribution is 2.15. The van der Waals surface area contributed by atoms with Gasteiger partial charge in [0.2, 0.25) is 0 Å². The zero-order valence-electron chi connectivity index (χ0n) is 10.1. The summed E-state index contributed by atoms with van der Waals surface area (Å²) in [5, 5.41) is 3.40. The first-order valence-corrected chi connectivity index (χ1v) is 5.68. The maximum Gasteiger partial charge on any atom is 0.356 e. The summed E-state index contributed by atoms with van der Waals surface area (Å²) in [6.07, 6.45) is 2.74. The zero-order valence-corrected chi connectivity index (χ0v) is 10.1. The van der Waals surface area contributed by atoms with Gasteiger partial charge in [0, 0.05) is 24.5 Å². The highest BCUT2D eigenvalue weighted by Gasteiger charge is 2.19. The van der Waals surface area contributed by atoms with Crippen LogP contribution in [-0.4, -0.2) is 49.1 Å². The molecule has 2 rings (SSSR count). The molecule has 0 aromatic carbocycles. The summed E-state index contributed by atoms with van der Waals surface area (Å²) in [4.78, 5) is 17.6. The van der Waals surface area contributed by atoms with Crippen LogP contribution in [0, 0.1) is 0 Å². The summed E-state index contributed by atoms with van der Waals surface area (Å²) in [7, 11) is 3.46. The third-order valence-corrected chi connectivity index (χ3v) is 2.92. The predicted molar refractivity (Wildman–Crippen MR) is 65.1 cm³/mol. The number of carbonyl (C=O) groups is 1. The molecule has 1 aliphatic heterocycles. The van der Waals surface area contributed by atoms with Gasteiger partial charge in [-0.1, -0.05) is 0 Å². The molecule has 0 amide bonds. The molecule has 1 aliphatic rings. The fraction of sp³-hybridized carbons (Fsp3) is 0.500. The van der Waals surface area contributed by atoms with E-state index in [9.17, 15) is 4.79 Å². The number of hydrogen-bond acceptors (Lipinski definition) is 5. The van der Waals surface area contributed by atoms with Crippen LogP contribution in [0.2, 0.25) is 0 Å². The maximum absolute atomic E-state index is 11.3. The van der Waals surface area contributed by atoms with Crippen LogP contribution in [0.25, 0.3) is 0 Å². The van der Waals surface area contributed by atoms with E-state index in [1.807, 2.05) is 6.07 Å². The second-order valence-corrected chi connectivity index (χ2v) is 4.31. The number of methoxy groups -OCH3 is 1. The van der Waals surface area contributed by atoms with Gasteiger partial charge < -0.3 is 15.0 Å². The zero-order chi connectivity index (χ0) is 12.3. The van der Waals surface area contributed by atoms with Crippen molar-refractivity contribution >= 4 is 11.7 Å². The molecule has 5 nitrogen and oxygen atoms in total. The third kappa shape index (κ3) is 2.94. The molecule has 0 bridgehead atoms. The number of hydrogen-bond donors (Lipinski definition) is 1.